The highest BCUT2D eigenvalue weighted by Crippen LogP contribution is 2.26. The zero-order chi connectivity index (χ0) is 16.1. The summed E-state index contributed by atoms with van der Waals surface area (Å²) < 4.78 is 14.2. The van der Waals surface area contributed by atoms with E-state index in [1.807, 2.05) is 13.1 Å². The van der Waals surface area contributed by atoms with Gasteiger partial charge < -0.3 is 15.1 Å². The number of hydrogen-bond acceptors (Lipinski definition) is 6. The van der Waals surface area contributed by atoms with Gasteiger partial charge in [-0.05, 0) is 32.0 Å². The average molecular weight is 317 g/mol. The Morgan fingerprint density at radius 3 is 3.00 bits per heavy atom. The number of nitrogens with one attached hydrogen (secondary N) is 2. The van der Waals surface area contributed by atoms with Gasteiger partial charge in [0.25, 0.3) is 0 Å². The molecule has 1 fully saturated rings. The molecule has 0 aliphatic carbocycles. The molecule has 23 heavy (non-hydrogen) atoms. The summed E-state index contributed by atoms with van der Waals surface area (Å²) in [6.45, 7) is 1.83. The molecule has 3 rings (SSSR count). The van der Waals surface area contributed by atoms with Crippen LogP contribution in [0.2, 0.25) is 0 Å². The van der Waals surface area contributed by atoms with Crippen molar-refractivity contribution in [3.05, 3.63) is 42.6 Å². The Morgan fingerprint density at radius 1 is 1.35 bits per heavy atom. The number of aromatic nitrogens is 2. The molecule has 1 atom stereocenters. The van der Waals surface area contributed by atoms with Gasteiger partial charge in [-0.15, -0.1) is 0 Å². The van der Waals surface area contributed by atoms with Crippen molar-refractivity contribution in [1.82, 2.24) is 15.3 Å². The standard InChI is InChI=1S/C16H20FN5O/c1-18-12-3-2-8-22(10-12)13-4-5-15(14(17)9-13)23-21-16-6-7-19-11-20-16/h4-7,9,11-12,18H,2-3,8,10H2,1H3,(H,19,20,21). The van der Waals surface area contributed by atoms with Crippen LogP contribution in [0.5, 0.6) is 5.75 Å². The summed E-state index contributed by atoms with van der Waals surface area (Å²) >= 11 is 0. The van der Waals surface area contributed by atoms with Crippen LogP contribution >= 0.6 is 0 Å². The maximum atomic E-state index is 14.2. The molecule has 0 saturated carbocycles. The van der Waals surface area contributed by atoms with Crippen LogP contribution in [0.4, 0.5) is 15.9 Å². The van der Waals surface area contributed by atoms with Crippen LogP contribution in [-0.2, 0) is 0 Å². The lowest BCUT2D eigenvalue weighted by Gasteiger charge is -2.34. The first kappa shape index (κ1) is 15.5. The van der Waals surface area contributed by atoms with E-state index in [4.69, 9.17) is 4.84 Å². The van der Waals surface area contributed by atoms with Crippen molar-refractivity contribution in [1.29, 1.82) is 0 Å². The molecular formula is C16H20FN5O. The van der Waals surface area contributed by atoms with Gasteiger partial charge in [0.15, 0.2) is 17.4 Å². The molecular weight excluding hydrogens is 297 g/mol. The molecule has 2 aromatic rings. The number of nitrogens with zero attached hydrogens (tertiary/aromatic N) is 3. The van der Waals surface area contributed by atoms with Crippen LogP contribution in [0.3, 0.4) is 0 Å². The highest BCUT2D eigenvalue weighted by molar-refractivity contribution is 5.50. The molecule has 0 spiro atoms. The van der Waals surface area contributed by atoms with Gasteiger partial charge in [-0.25, -0.2) is 19.8 Å². The van der Waals surface area contributed by atoms with E-state index in [2.05, 4.69) is 25.7 Å². The Bertz CT molecular complexity index is 640. The van der Waals surface area contributed by atoms with Gasteiger partial charge in [-0.2, -0.15) is 0 Å². The fourth-order valence-corrected chi connectivity index (χ4v) is 2.67. The monoisotopic (exact) mass is 317 g/mol. The summed E-state index contributed by atoms with van der Waals surface area (Å²) in [5.41, 5.74) is 3.47. The topological polar surface area (TPSA) is 62.3 Å². The van der Waals surface area contributed by atoms with Gasteiger partial charge >= 0.3 is 0 Å². The Balaban J connectivity index is 1.66. The van der Waals surface area contributed by atoms with Crippen molar-refractivity contribution >= 4 is 11.5 Å². The second-order valence-electron chi connectivity index (χ2n) is 5.49. The average Bonchev–Trinajstić information content (AvgIpc) is 2.61. The predicted molar refractivity (Wildman–Crippen MR) is 87.0 cm³/mol. The molecule has 1 aliphatic rings. The van der Waals surface area contributed by atoms with Crippen molar-refractivity contribution in [2.24, 2.45) is 0 Å². The molecule has 1 aromatic carbocycles. The zero-order valence-corrected chi connectivity index (χ0v) is 13.0. The number of rotatable bonds is 5. The maximum Gasteiger partial charge on any atom is 0.190 e. The number of likely N-dealkylation sites (N-methyl/N-ethyl adjacent to an activating group) is 1. The lowest BCUT2D eigenvalue weighted by molar-refractivity contribution is 0.376. The molecule has 2 N–H and O–H groups in total. The highest BCUT2D eigenvalue weighted by atomic mass is 19.1. The third-order valence-corrected chi connectivity index (χ3v) is 3.96. The first-order valence-corrected chi connectivity index (χ1v) is 7.67. The van der Waals surface area contributed by atoms with Gasteiger partial charge in [-0.3, -0.25) is 0 Å². The minimum absolute atomic E-state index is 0.134. The van der Waals surface area contributed by atoms with Crippen LogP contribution in [-0.4, -0.2) is 36.1 Å². The molecule has 1 aliphatic heterocycles. The molecule has 0 amide bonds. The Kier molecular flexibility index (Phi) is 4.87. The number of benzene rings is 1. The number of anilines is 2. The van der Waals surface area contributed by atoms with Crippen LogP contribution < -0.4 is 20.5 Å². The van der Waals surface area contributed by atoms with E-state index in [0.29, 0.717) is 11.9 Å². The maximum absolute atomic E-state index is 14.2. The quantitative estimate of drug-likeness (QED) is 0.825. The van der Waals surface area contributed by atoms with Crippen molar-refractivity contribution in [2.45, 2.75) is 18.9 Å². The first-order chi connectivity index (χ1) is 11.3. The molecule has 6 nitrogen and oxygen atoms in total. The lowest BCUT2D eigenvalue weighted by Crippen LogP contribution is -2.44. The van der Waals surface area contributed by atoms with Crippen LogP contribution in [0.25, 0.3) is 0 Å². The van der Waals surface area contributed by atoms with Crippen LogP contribution in [0, 0.1) is 5.82 Å². The van der Waals surface area contributed by atoms with Gasteiger partial charge in [-0.1, -0.05) is 0 Å². The Hall–Kier alpha value is -2.41. The van der Waals surface area contributed by atoms with Crippen LogP contribution in [0.1, 0.15) is 12.8 Å². The van der Waals surface area contributed by atoms with E-state index in [0.717, 1.165) is 31.6 Å². The van der Waals surface area contributed by atoms with E-state index in [1.165, 1.54) is 12.4 Å². The fourth-order valence-electron chi connectivity index (χ4n) is 2.67. The second-order valence-corrected chi connectivity index (χ2v) is 5.49. The van der Waals surface area contributed by atoms with E-state index in [9.17, 15) is 4.39 Å². The van der Waals surface area contributed by atoms with Crippen molar-refractivity contribution in [3.63, 3.8) is 0 Å². The number of halogens is 1. The summed E-state index contributed by atoms with van der Waals surface area (Å²) in [5.74, 6) is 0.196. The summed E-state index contributed by atoms with van der Waals surface area (Å²) in [6.07, 6.45) is 5.21. The molecule has 1 aromatic heterocycles. The van der Waals surface area contributed by atoms with Gasteiger partial charge in [0.2, 0.25) is 0 Å². The minimum Gasteiger partial charge on any atom is -0.378 e. The summed E-state index contributed by atoms with van der Waals surface area (Å²) in [7, 11) is 1.96. The largest absolute Gasteiger partial charge is 0.378 e. The van der Waals surface area contributed by atoms with Gasteiger partial charge in [0.1, 0.15) is 6.33 Å². The Morgan fingerprint density at radius 2 is 2.26 bits per heavy atom. The fraction of sp³-hybridized carbons (Fsp3) is 0.375. The Labute approximate surface area is 134 Å². The smallest absolute Gasteiger partial charge is 0.190 e. The van der Waals surface area contributed by atoms with Gasteiger partial charge in [0.05, 0.1) is 0 Å². The normalized spacial score (nSPS) is 17.8. The SMILES string of the molecule is CNC1CCCN(c2ccc(ONc3ccncn3)c(F)c2)C1. The highest BCUT2D eigenvalue weighted by Gasteiger charge is 2.19. The molecule has 1 saturated heterocycles. The van der Waals surface area contributed by atoms with Crippen molar-refractivity contribution < 1.29 is 9.23 Å². The molecule has 0 radical (unpaired) electrons. The lowest BCUT2D eigenvalue weighted by atomic mass is 10.1. The predicted octanol–water partition coefficient (Wildman–Crippen LogP) is 2.21. The minimum atomic E-state index is -0.407. The molecule has 2 heterocycles. The van der Waals surface area contributed by atoms with E-state index in [1.54, 1.807) is 18.3 Å². The number of hydrogen-bond donors (Lipinski definition) is 2. The van der Waals surface area contributed by atoms with E-state index in [-0.39, 0.29) is 5.75 Å². The third kappa shape index (κ3) is 3.87. The number of piperidine rings is 1. The zero-order valence-electron chi connectivity index (χ0n) is 13.0. The van der Waals surface area contributed by atoms with Crippen LogP contribution in [0.15, 0.2) is 36.8 Å². The van der Waals surface area contributed by atoms with Crippen molar-refractivity contribution in [3.8, 4) is 5.75 Å². The molecule has 0 bridgehead atoms. The third-order valence-electron chi connectivity index (χ3n) is 3.96. The summed E-state index contributed by atoms with van der Waals surface area (Å²) in [4.78, 5) is 15.2. The first-order valence-electron chi connectivity index (χ1n) is 7.67. The summed E-state index contributed by atoms with van der Waals surface area (Å²) in [6, 6.07) is 7.09. The van der Waals surface area contributed by atoms with Crippen molar-refractivity contribution in [2.75, 3.05) is 30.5 Å². The molecule has 7 heteroatoms. The molecule has 122 valence electrons. The van der Waals surface area contributed by atoms with E-state index >= 15 is 0 Å². The van der Waals surface area contributed by atoms with Gasteiger partial charge in [0, 0.05) is 43.1 Å². The molecule has 1 unspecified atom stereocenters. The second kappa shape index (κ2) is 7.23. The van der Waals surface area contributed by atoms with E-state index < -0.39 is 5.82 Å². The summed E-state index contributed by atoms with van der Waals surface area (Å²) in [5, 5.41) is 3.29.